The lowest BCUT2D eigenvalue weighted by Crippen LogP contribution is -2.17. The molecule has 0 spiro atoms. The third-order valence-corrected chi connectivity index (χ3v) is 4.55. The number of nitrogens with zero attached hydrogens (tertiary/aromatic N) is 3. The molecular formula is C21H24N4O2. The number of aromatic nitrogens is 2. The van der Waals surface area contributed by atoms with Crippen molar-refractivity contribution in [1.82, 2.24) is 15.4 Å². The average Bonchev–Trinajstić information content (AvgIpc) is 2.70. The molecule has 1 heterocycles. The number of carbonyl (C=O) groups is 1. The predicted molar refractivity (Wildman–Crippen MR) is 106 cm³/mol. The number of hydrogen-bond acceptors (Lipinski definition) is 5. The first-order chi connectivity index (χ1) is 13.1. The van der Waals surface area contributed by atoms with Crippen LogP contribution in [0.4, 0.5) is 11.5 Å². The largest absolute Gasteiger partial charge is 0.329 e. The molecule has 0 aliphatic rings. The normalized spacial score (nSPS) is 10.8. The summed E-state index contributed by atoms with van der Waals surface area (Å²) in [5.74, 6) is 1.29. The number of fused-ring (bicyclic) bond motifs is 1. The zero-order chi connectivity index (χ0) is 19.2. The zero-order valence-electron chi connectivity index (χ0n) is 15.6. The molecule has 2 aromatic carbocycles. The molecule has 0 aliphatic carbocycles. The van der Waals surface area contributed by atoms with E-state index in [1.165, 1.54) is 5.56 Å². The Morgan fingerprint density at radius 3 is 2.74 bits per heavy atom. The fourth-order valence-corrected chi connectivity index (χ4v) is 3.14. The lowest BCUT2D eigenvalue weighted by atomic mass is 10.1. The summed E-state index contributed by atoms with van der Waals surface area (Å²) in [6.45, 7) is 1.91. The third kappa shape index (κ3) is 4.60. The number of aryl methyl sites for hydroxylation is 2. The van der Waals surface area contributed by atoms with Gasteiger partial charge in [0, 0.05) is 24.5 Å². The van der Waals surface area contributed by atoms with Crippen LogP contribution in [-0.4, -0.2) is 28.1 Å². The summed E-state index contributed by atoms with van der Waals surface area (Å²) in [5, 5.41) is 9.56. The van der Waals surface area contributed by atoms with Gasteiger partial charge in [-0.05, 0) is 56.0 Å². The molecule has 140 valence electrons. The van der Waals surface area contributed by atoms with Crippen LogP contribution < -0.4 is 10.4 Å². The first-order valence-corrected chi connectivity index (χ1v) is 9.07. The van der Waals surface area contributed by atoms with Crippen molar-refractivity contribution in [2.45, 2.75) is 32.6 Å². The lowest BCUT2D eigenvalue weighted by molar-refractivity contribution is -0.129. The number of carbonyl (C=O) groups excluding carboxylic acids is 1. The predicted octanol–water partition coefficient (Wildman–Crippen LogP) is 3.92. The van der Waals surface area contributed by atoms with Crippen molar-refractivity contribution in [2.24, 2.45) is 0 Å². The van der Waals surface area contributed by atoms with E-state index in [0.717, 1.165) is 47.5 Å². The quantitative estimate of drug-likeness (QED) is 0.377. The summed E-state index contributed by atoms with van der Waals surface area (Å²) in [4.78, 5) is 22.3. The van der Waals surface area contributed by atoms with E-state index in [2.05, 4.69) is 33.1 Å². The fraction of sp³-hybridized carbons (Fsp3) is 0.286. The first kappa shape index (κ1) is 18.8. The molecule has 0 bridgehead atoms. The second kappa shape index (κ2) is 8.60. The molecule has 2 N–H and O–H groups in total. The molecule has 0 unspecified atom stereocenters. The van der Waals surface area contributed by atoms with Crippen molar-refractivity contribution in [3.05, 3.63) is 59.9 Å². The maximum Gasteiger partial charge on any atom is 0.243 e. The number of hydroxylamine groups is 1. The van der Waals surface area contributed by atoms with Gasteiger partial charge in [0.15, 0.2) is 0 Å². The molecule has 27 heavy (non-hydrogen) atoms. The summed E-state index contributed by atoms with van der Waals surface area (Å²) in [6.07, 6.45) is 2.84. The highest BCUT2D eigenvalue weighted by Crippen LogP contribution is 2.29. The molecule has 0 atom stereocenters. The van der Waals surface area contributed by atoms with Crippen LogP contribution in [0.3, 0.4) is 0 Å². The summed E-state index contributed by atoms with van der Waals surface area (Å²) in [7, 11) is 2.01. The molecule has 1 aromatic heterocycles. The van der Waals surface area contributed by atoms with Gasteiger partial charge in [-0.1, -0.05) is 24.3 Å². The Labute approximate surface area is 158 Å². The smallest absolute Gasteiger partial charge is 0.243 e. The van der Waals surface area contributed by atoms with Gasteiger partial charge in [0.2, 0.25) is 5.91 Å². The van der Waals surface area contributed by atoms with Gasteiger partial charge in [0.1, 0.15) is 11.6 Å². The summed E-state index contributed by atoms with van der Waals surface area (Å²) >= 11 is 0. The van der Waals surface area contributed by atoms with E-state index >= 15 is 0 Å². The number of hydrogen-bond donors (Lipinski definition) is 2. The maximum absolute atomic E-state index is 11.1. The Morgan fingerprint density at radius 2 is 1.93 bits per heavy atom. The van der Waals surface area contributed by atoms with Gasteiger partial charge in [-0.25, -0.2) is 15.4 Å². The molecule has 0 aliphatic heterocycles. The monoisotopic (exact) mass is 364 g/mol. The van der Waals surface area contributed by atoms with E-state index in [9.17, 15) is 4.79 Å². The Hall–Kier alpha value is -2.99. The minimum absolute atomic E-state index is 0.336. The van der Waals surface area contributed by atoms with Crippen molar-refractivity contribution in [3.8, 4) is 0 Å². The van der Waals surface area contributed by atoms with Crippen LogP contribution in [0.5, 0.6) is 0 Å². The average molecular weight is 364 g/mol. The highest BCUT2D eigenvalue weighted by atomic mass is 16.5. The van der Waals surface area contributed by atoms with Crippen molar-refractivity contribution in [3.63, 3.8) is 0 Å². The van der Waals surface area contributed by atoms with E-state index in [1.54, 1.807) is 5.48 Å². The molecule has 3 aromatic rings. The van der Waals surface area contributed by atoms with E-state index < -0.39 is 0 Å². The number of rotatable bonds is 7. The van der Waals surface area contributed by atoms with E-state index in [-0.39, 0.29) is 5.91 Å². The van der Waals surface area contributed by atoms with E-state index in [0.29, 0.717) is 6.42 Å². The van der Waals surface area contributed by atoms with Crippen LogP contribution in [0.1, 0.15) is 30.7 Å². The van der Waals surface area contributed by atoms with Gasteiger partial charge in [-0.2, -0.15) is 0 Å². The van der Waals surface area contributed by atoms with Crippen LogP contribution in [0.15, 0.2) is 48.5 Å². The van der Waals surface area contributed by atoms with Crippen LogP contribution in [0.25, 0.3) is 10.9 Å². The molecule has 0 fully saturated rings. The summed E-state index contributed by atoms with van der Waals surface area (Å²) < 4.78 is 0. The van der Waals surface area contributed by atoms with Crippen molar-refractivity contribution < 1.29 is 10.0 Å². The molecule has 6 heteroatoms. The summed E-state index contributed by atoms with van der Waals surface area (Å²) in [5.41, 5.74) is 4.87. The SMILES string of the molecule is Cc1nc(N(C)c2cccc(CCCCC(=O)NO)c2)c2ccccc2n1. The standard InChI is InChI=1S/C21H24N4O2/c1-15-22-19-12-5-4-11-18(19)21(23-15)25(2)17-10-7-9-16(14-17)8-3-6-13-20(26)24-27/h4-5,7,9-12,14,27H,3,6,8,13H2,1-2H3,(H,24,26). The minimum Gasteiger partial charge on any atom is -0.329 e. The fourth-order valence-electron chi connectivity index (χ4n) is 3.14. The van der Waals surface area contributed by atoms with Crippen molar-refractivity contribution >= 4 is 28.3 Å². The molecule has 0 saturated heterocycles. The highest BCUT2D eigenvalue weighted by molar-refractivity contribution is 5.91. The number of unbranched alkanes of at least 4 members (excludes halogenated alkanes) is 1. The Kier molecular flexibility index (Phi) is 5.98. The van der Waals surface area contributed by atoms with Crippen LogP contribution in [0, 0.1) is 6.92 Å². The van der Waals surface area contributed by atoms with Crippen molar-refractivity contribution in [2.75, 3.05) is 11.9 Å². The van der Waals surface area contributed by atoms with Crippen molar-refractivity contribution in [1.29, 1.82) is 0 Å². The molecule has 0 radical (unpaired) electrons. The van der Waals surface area contributed by atoms with Gasteiger partial charge < -0.3 is 4.90 Å². The van der Waals surface area contributed by atoms with Crippen LogP contribution in [0.2, 0.25) is 0 Å². The van der Waals surface area contributed by atoms with Gasteiger partial charge in [-0.3, -0.25) is 10.0 Å². The van der Waals surface area contributed by atoms with Crippen LogP contribution >= 0.6 is 0 Å². The molecular weight excluding hydrogens is 340 g/mol. The topological polar surface area (TPSA) is 78.4 Å². The van der Waals surface area contributed by atoms with Gasteiger partial charge in [-0.15, -0.1) is 0 Å². The second-order valence-corrected chi connectivity index (χ2v) is 6.58. The number of nitrogens with one attached hydrogen (secondary N) is 1. The Bertz CT molecular complexity index is 942. The number of benzene rings is 2. The lowest BCUT2D eigenvalue weighted by Gasteiger charge is -2.21. The second-order valence-electron chi connectivity index (χ2n) is 6.58. The molecule has 0 saturated carbocycles. The van der Waals surface area contributed by atoms with Gasteiger partial charge in [0.25, 0.3) is 0 Å². The minimum atomic E-state index is -0.338. The van der Waals surface area contributed by atoms with Crippen LogP contribution in [-0.2, 0) is 11.2 Å². The number of anilines is 2. The molecule has 1 amide bonds. The summed E-state index contributed by atoms with van der Waals surface area (Å²) in [6, 6.07) is 16.4. The van der Waals surface area contributed by atoms with Gasteiger partial charge in [0.05, 0.1) is 5.52 Å². The number of amides is 1. The third-order valence-electron chi connectivity index (χ3n) is 4.55. The molecule has 6 nitrogen and oxygen atoms in total. The highest BCUT2D eigenvalue weighted by Gasteiger charge is 2.12. The zero-order valence-corrected chi connectivity index (χ0v) is 15.6. The Morgan fingerprint density at radius 1 is 1.11 bits per heavy atom. The van der Waals surface area contributed by atoms with E-state index in [4.69, 9.17) is 5.21 Å². The maximum atomic E-state index is 11.1. The first-order valence-electron chi connectivity index (χ1n) is 9.07. The molecule has 3 rings (SSSR count). The number of para-hydroxylation sites is 1. The Balaban J connectivity index is 1.78. The van der Waals surface area contributed by atoms with E-state index in [1.807, 2.05) is 44.3 Å². The van der Waals surface area contributed by atoms with Gasteiger partial charge >= 0.3 is 0 Å².